The molecule has 0 unspecified atom stereocenters. The van der Waals surface area contributed by atoms with Gasteiger partial charge in [-0.25, -0.2) is 0 Å². The van der Waals surface area contributed by atoms with Gasteiger partial charge >= 0.3 is 0 Å². The van der Waals surface area contributed by atoms with Crippen LogP contribution in [0.25, 0.3) is 0 Å². The Morgan fingerprint density at radius 1 is 1.53 bits per heavy atom. The van der Waals surface area contributed by atoms with Crippen LogP contribution in [0, 0.1) is 6.92 Å². The summed E-state index contributed by atoms with van der Waals surface area (Å²) in [5.41, 5.74) is 2.70. The van der Waals surface area contributed by atoms with Crippen LogP contribution in [0.15, 0.2) is 30.0 Å². The second kappa shape index (κ2) is 4.82. The molecule has 1 aromatic rings. The fourth-order valence-electron chi connectivity index (χ4n) is 1.73. The Morgan fingerprint density at radius 2 is 2.47 bits per heavy atom. The lowest BCUT2D eigenvalue weighted by atomic mass is 10.0. The molecule has 0 bridgehead atoms. The summed E-state index contributed by atoms with van der Waals surface area (Å²) >= 11 is 0. The number of hydrogen-bond donors (Lipinski definition) is 2. The summed E-state index contributed by atoms with van der Waals surface area (Å²) in [6.07, 6.45) is 11.9. The largest absolute Gasteiger partial charge is 0.370 e. The molecule has 0 atom stereocenters. The first-order valence-electron chi connectivity index (χ1n) is 5.44. The lowest BCUT2D eigenvalue weighted by Crippen LogP contribution is -2.04. The van der Waals surface area contributed by atoms with Gasteiger partial charge in [0.05, 0.1) is 6.20 Å². The molecule has 2 N–H and O–H groups in total. The molecule has 0 aliphatic heterocycles. The average molecular weight is 203 g/mol. The molecule has 0 amide bonds. The molecule has 0 radical (unpaired) electrons. The van der Waals surface area contributed by atoms with E-state index in [1.165, 1.54) is 24.0 Å². The molecule has 1 heterocycles. The van der Waals surface area contributed by atoms with Crippen molar-refractivity contribution in [1.82, 2.24) is 10.2 Å². The zero-order chi connectivity index (χ0) is 10.5. The van der Waals surface area contributed by atoms with Gasteiger partial charge in [-0.05, 0) is 26.2 Å². The van der Waals surface area contributed by atoms with E-state index in [0.717, 1.165) is 18.8 Å². The number of H-pyrrole nitrogens is 1. The standard InChI is InChI=1S/C12H17N3/c1-10-9-14-15-12(10)13-8-7-11-5-3-2-4-6-11/h2-3,5,9H,4,6-8H2,1H3,(H2,13,14,15). The Labute approximate surface area is 90.3 Å². The van der Waals surface area contributed by atoms with Crippen LogP contribution in [0.4, 0.5) is 5.82 Å². The summed E-state index contributed by atoms with van der Waals surface area (Å²) in [4.78, 5) is 0. The summed E-state index contributed by atoms with van der Waals surface area (Å²) in [7, 11) is 0. The van der Waals surface area contributed by atoms with Gasteiger partial charge in [0, 0.05) is 12.1 Å². The van der Waals surface area contributed by atoms with E-state index in [1.54, 1.807) is 0 Å². The van der Waals surface area contributed by atoms with Crippen LogP contribution in [-0.4, -0.2) is 16.7 Å². The van der Waals surface area contributed by atoms with Gasteiger partial charge in [-0.3, -0.25) is 5.10 Å². The van der Waals surface area contributed by atoms with Gasteiger partial charge in [0.25, 0.3) is 0 Å². The highest BCUT2D eigenvalue weighted by atomic mass is 15.2. The van der Waals surface area contributed by atoms with Gasteiger partial charge < -0.3 is 5.32 Å². The molecule has 0 aromatic carbocycles. The Kier molecular flexibility index (Phi) is 3.22. The van der Waals surface area contributed by atoms with Crippen LogP contribution in [0.2, 0.25) is 0 Å². The molecular formula is C12H17N3. The van der Waals surface area contributed by atoms with Crippen molar-refractivity contribution in [3.05, 3.63) is 35.6 Å². The summed E-state index contributed by atoms with van der Waals surface area (Å²) < 4.78 is 0. The minimum Gasteiger partial charge on any atom is -0.370 e. The van der Waals surface area contributed by atoms with Gasteiger partial charge in [-0.15, -0.1) is 0 Å². The van der Waals surface area contributed by atoms with E-state index < -0.39 is 0 Å². The van der Waals surface area contributed by atoms with Crippen LogP contribution >= 0.6 is 0 Å². The lowest BCUT2D eigenvalue weighted by Gasteiger charge is -2.09. The minimum atomic E-state index is 0.975. The second-order valence-electron chi connectivity index (χ2n) is 3.90. The number of nitrogens with one attached hydrogen (secondary N) is 2. The number of aromatic amines is 1. The van der Waals surface area contributed by atoms with E-state index in [4.69, 9.17) is 0 Å². The summed E-state index contributed by atoms with van der Waals surface area (Å²) in [5.74, 6) is 1.04. The highest BCUT2D eigenvalue weighted by Crippen LogP contribution is 2.16. The van der Waals surface area contributed by atoms with E-state index in [-0.39, 0.29) is 0 Å². The maximum atomic E-state index is 3.97. The SMILES string of the molecule is Cc1cn[nH]c1NCCC1=CC=CCC1. The molecule has 1 aliphatic carbocycles. The molecule has 0 fully saturated rings. The predicted molar refractivity (Wildman–Crippen MR) is 62.9 cm³/mol. The summed E-state index contributed by atoms with van der Waals surface area (Å²) in [6, 6.07) is 0. The van der Waals surface area contributed by atoms with Crippen molar-refractivity contribution in [2.45, 2.75) is 26.2 Å². The van der Waals surface area contributed by atoms with Gasteiger partial charge in [-0.1, -0.05) is 23.8 Å². The highest BCUT2D eigenvalue weighted by Gasteiger charge is 2.01. The zero-order valence-corrected chi connectivity index (χ0v) is 9.09. The quantitative estimate of drug-likeness (QED) is 0.790. The molecule has 0 spiro atoms. The fourth-order valence-corrected chi connectivity index (χ4v) is 1.73. The maximum Gasteiger partial charge on any atom is 0.124 e. The fraction of sp³-hybridized carbons (Fsp3) is 0.417. The Morgan fingerprint density at radius 3 is 3.13 bits per heavy atom. The van der Waals surface area contributed by atoms with Crippen molar-refractivity contribution in [2.75, 3.05) is 11.9 Å². The molecule has 1 aromatic heterocycles. The highest BCUT2D eigenvalue weighted by molar-refractivity contribution is 5.41. The molecule has 0 saturated heterocycles. The first-order valence-corrected chi connectivity index (χ1v) is 5.44. The third-order valence-electron chi connectivity index (χ3n) is 2.68. The third-order valence-corrected chi connectivity index (χ3v) is 2.68. The zero-order valence-electron chi connectivity index (χ0n) is 9.09. The van der Waals surface area contributed by atoms with E-state index >= 15 is 0 Å². The number of nitrogens with zero attached hydrogens (tertiary/aromatic N) is 1. The number of anilines is 1. The second-order valence-corrected chi connectivity index (χ2v) is 3.90. The van der Waals surface area contributed by atoms with E-state index in [2.05, 4.69) is 40.7 Å². The van der Waals surface area contributed by atoms with Crippen LogP contribution < -0.4 is 5.32 Å². The van der Waals surface area contributed by atoms with Crippen LogP contribution in [-0.2, 0) is 0 Å². The molecule has 3 nitrogen and oxygen atoms in total. The molecule has 2 rings (SSSR count). The lowest BCUT2D eigenvalue weighted by molar-refractivity contribution is 0.862. The van der Waals surface area contributed by atoms with Crippen molar-refractivity contribution in [2.24, 2.45) is 0 Å². The smallest absolute Gasteiger partial charge is 0.124 e. The number of hydrogen-bond acceptors (Lipinski definition) is 2. The van der Waals surface area contributed by atoms with Crippen molar-refractivity contribution >= 4 is 5.82 Å². The monoisotopic (exact) mass is 203 g/mol. The average Bonchev–Trinajstić information content (AvgIpc) is 2.66. The van der Waals surface area contributed by atoms with E-state index in [1.807, 2.05) is 6.20 Å². The van der Waals surface area contributed by atoms with Gasteiger partial charge in [0.2, 0.25) is 0 Å². The van der Waals surface area contributed by atoms with Crippen LogP contribution in [0.5, 0.6) is 0 Å². The van der Waals surface area contributed by atoms with Crippen molar-refractivity contribution in [3.8, 4) is 0 Å². The summed E-state index contributed by atoms with van der Waals surface area (Å²) in [5, 5.41) is 10.3. The number of aromatic nitrogens is 2. The molecular weight excluding hydrogens is 186 g/mol. The van der Waals surface area contributed by atoms with Gasteiger partial charge in [0.1, 0.15) is 5.82 Å². The minimum absolute atomic E-state index is 0.975. The van der Waals surface area contributed by atoms with Crippen molar-refractivity contribution < 1.29 is 0 Å². The van der Waals surface area contributed by atoms with Gasteiger partial charge in [-0.2, -0.15) is 5.10 Å². The van der Waals surface area contributed by atoms with E-state index in [9.17, 15) is 0 Å². The molecule has 3 heteroatoms. The van der Waals surface area contributed by atoms with Crippen molar-refractivity contribution in [1.29, 1.82) is 0 Å². The number of allylic oxidation sites excluding steroid dienone is 3. The van der Waals surface area contributed by atoms with E-state index in [0.29, 0.717) is 0 Å². The Hall–Kier alpha value is -1.51. The first-order chi connectivity index (χ1) is 7.36. The Balaban J connectivity index is 1.77. The van der Waals surface area contributed by atoms with Crippen molar-refractivity contribution in [3.63, 3.8) is 0 Å². The maximum absolute atomic E-state index is 3.97. The molecule has 80 valence electrons. The normalized spacial score (nSPS) is 15.1. The number of aryl methyl sites for hydroxylation is 1. The van der Waals surface area contributed by atoms with Crippen LogP contribution in [0.3, 0.4) is 0 Å². The molecule has 1 aliphatic rings. The molecule has 15 heavy (non-hydrogen) atoms. The first kappa shape index (κ1) is 10.0. The van der Waals surface area contributed by atoms with Crippen LogP contribution in [0.1, 0.15) is 24.8 Å². The third kappa shape index (κ3) is 2.72. The molecule has 0 saturated carbocycles. The predicted octanol–water partition coefficient (Wildman–Crippen LogP) is 2.80. The van der Waals surface area contributed by atoms with Gasteiger partial charge in [0.15, 0.2) is 0 Å². The summed E-state index contributed by atoms with van der Waals surface area (Å²) in [6.45, 7) is 3.02. The number of rotatable bonds is 4. The topological polar surface area (TPSA) is 40.7 Å². The Bertz CT molecular complexity index is 374.